The van der Waals surface area contributed by atoms with Gasteiger partial charge in [-0.1, -0.05) is 23.7 Å². The number of thioether (sulfide) groups is 1. The normalized spacial score (nSPS) is 17.0. The molecule has 1 unspecified atom stereocenters. The van der Waals surface area contributed by atoms with Crippen LogP contribution < -0.4 is 4.74 Å². The maximum absolute atomic E-state index is 14.3. The van der Waals surface area contributed by atoms with E-state index >= 15 is 0 Å². The minimum Gasteiger partial charge on any atom is -0.494 e. The van der Waals surface area contributed by atoms with Crippen LogP contribution in [0, 0.1) is 5.82 Å². The molecule has 2 aromatic carbocycles. The summed E-state index contributed by atoms with van der Waals surface area (Å²) < 4.78 is 21.7. The lowest BCUT2D eigenvalue weighted by molar-refractivity contribution is 0.419. The molecule has 1 aliphatic rings. The molecule has 0 saturated carbocycles. The van der Waals surface area contributed by atoms with Gasteiger partial charge in [0.05, 0.1) is 18.4 Å². The summed E-state index contributed by atoms with van der Waals surface area (Å²) in [7, 11) is 1.62. The highest BCUT2D eigenvalue weighted by atomic mass is 35.5. The lowest BCUT2D eigenvalue weighted by Crippen LogP contribution is -2.06. The van der Waals surface area contributed by atoms with Gasteiger partial charge in [-0.05, 0) is 24.3 Å². The molecule has 3 aromatic rings. The molecule has 0 aliphatic carbocycles. The summed E-state index contributed by atoms with van der Waals surface area (Å²) in [6.45, 7) is 0. The van der Waals surface area contributed by atoms with Crippen LogP contribution >= 0.6 is 23.4 Å². The van der Waals surface area contributed by atoms with Gasteiger partial charge in [0.1, 0.15) is 28.3 Å². The first-order chi connectivity index (χ1) is 10.7. The molecule has 22 heavy (non-hydrogen) atoms. The Morgan fingerprint density at radius 1 is 1.32 bits per heavy atom. The summed E-state index contributed by atoms with van der Waals surface area (Å²) in [5, 5.41) is 0.232. The van der Waals surface area contributed by atoms with Crippen molar-refractivity contribution in [1.82, 2.24) is 9.55 Å². The van der Waals surface area contributed by atoms with Crippen molar-refractivity contribution >= 4 is 34.4 Å². The van der Waals surface area contributed by atoms with Crippen LogP contribution in [-0.4, -0.2) is 16.7 Å². The average molecular weight is 335 g/mol. The van der Waals surface area contributed by atoms with E-state index in [0.29, 0.717) is 16.3 Å². The Morgan fingerprint density at radius 3 is 2.91 bits per heavy atom. The highest BCUT2D eigenvalue weighted by Gasteiger charge is 2.31. The van der Waals surface area contributed by atoms with Gasteiger partial charge in [-0.25, -0.2) is 9.37 Å². The SMILES string of the molecule is COc1cccc2c1nc1n2C(c2c(F)cccc2Cl)SC1. The van der Waals surface area contributed by atoms with Crippen molar-refractivity contribution in [2.75, 3.05) is 7.11 Å². The average Bonchev–Trinajstić information content (AvgIpc) is 3.06. The topological polar surface area (TPSA) is 27.1 Å². The van der Waals surface area contributed by atoms with E-state index in [1.807, 2.05) is 22.8 Å². The first-order valence-electron chi connectivity index (χ1n) is 6.80. The van der Waals surface area contributed by atoms with E-state index in [1.54, 1.807) is 31.0 Å². The zero-order valence-electron chi connectivity index (χ0n) is 11.7. The minimum absolute atomic E-state index is 0.208. The Kier molecular flexibility index (Phi) is 3.27. The molecule has 0 bridgehead atoms. The number of ether oxygens (including phenoxy) is 1. The number of hydrogen-bond donors (Lipinski definition) is 0. The molecular formula is C16H12ClFN2OS. The van der Waals surface area contributed by atoms with Crippen molar-refractivity contribution in [3.05, 3.63) is 58.6 Å². The summed E-state index contributed by atoms with van der Waals surface area (Å²) >= 11 is 7.86. The highest BCUT2D eigenvalue weighted by Crippen LogP contribution is 2.46. The van der Waals surface area contributed by atoms with E-state index in [-0.39, 0.29) is 11.2 Å². The Hall–Kier alpha value is -1.72. The second kappa shape index (κ2) is 5.18. The van der Waals surface area contributed by atoms with E-state index in [1.165, 1.54) is 6.07 Å². The highest BCUT2D eigenvalue weighted by molar-refractivity contribution is 7.99. The van der Waals surface area contributed by atoms with Gasteiger partial charge in [0.15, 0.2) is 0 Å². The number of benzene rings is 2. The lowest BCUT2D eigenvalue weighted by atomic mass is 10.2. The third-order valence-corrected chi connectivity index (χ3v) is 5.34. The predicted molar refractivity (Wildman–Crippen MR) is 87.1 cm³/mol. The summed E-state index contributed by atoms with van der Waals surface area (Å²) in [5.74, 6) is 2.06. The number of para-hydroxylation sites is 1. The summed E-state index contributed by atoms with van der Waals surface area (Å²) in [6.07, 6.45) is 0. The molecule has 0 amide bonds. The van der Waals surface area contributed by atoms with Gasteiger partial charge in [0.2, 0.25) is 0 Å². The van der Waals surface area contributed by atoms with Crippen molar-refractivity contribution in [2.45, 2.75) is 11.1 Å². The first-order valence-corrected chi connectivity index (χ1v) is 8.22. The van der Waals surface area contributed by atoms with Crippen molar-refractivity contribution < 1.29 is 9.13 Å². The number of hydrogen-bond acceptors (Lipinski definition) is 3. The number of aromatic nitrogens is 2. The van der Waals surface area contributed by atoms with Gasteiger partial charge < -0.3 is 9.30 Å². The predicted octanol–water partition coefficient (Wildman–Crippen LogP) is 4.63. The van der Waals surface area contributed by atoms with Crippen molar-refractivity contribution in [1.29, 1.82) is 0 Å². The Morgan fingerprint density at radius 2 is 2.14 bits per heavy atom. The zero-order chi connectivity index (χ0) is 15.3. The van der Waals surface area contributed by atoms with Gasteiger partial charge in [-0.2, -0.15) is 0 Å². The van der Waals surface area contributed by atoms with Crippen LogP contribution in [0.25, 0.3) is 11.0 Å². The number of imidazole rings is 1. The Bertz CT molecular complexity index is 860. The van der Waals surface area contributed by atoms with Crippen LogP contribution in [0.4, 0.5) is 4.39 Å². The Balaban J connectivity index is 1.96. The van der Waals surface area contributed by atoms with Crippen LogP contribution in [-0.2, 0) is 5.75 Å². The molecule has 0 saturated heterocycles. The molecule has 3 nitrogen and oxygen atoms in total. The van der Waals surface area contributed by atoms with E-state index in [4.69, 9.17) is 16.3 Å². The largest absolute Gasteiger partial charge is 0.494 e. The molecule has 112 valence electrons. The molecule has 0 radical (unpaired) electrons. The second-order valence-electron chi connectivity index (χ2n) is 5.02. The standard InChI is InChI=1S/C16H12ClFN2OS/c1-21-12-7-3-6-11-15(12)19-13-8-22-16(20(11)13)14-9(17)4-2-5-10(14)18/h2-7,16H,8H2,1H3. The van der Waals surface area contributed by atoms with Crippen molar-refractivity contribution in [2.24, 2.45) is 0 Å². The number of fused-ring (bicyclic) bond motifs is 3. The maximum Gasteiger partial charge on any atom is 0.146 e. The fourth-order valence-corrected chi connectivity index (χ4v) is 4.49. The molecule has 1 aliphatic heterocycles. The molecule has 1 aromatic heterocycles. The maximum atomic E-state index is 14.3. The van der Waals surface area contributed by atoms with Gasteiger partial charge >= 0.3 is 0 Å². The van der Waals surface area contributed by atoms with Crippen molar-refractivity contribution in [3.63, 3.8) is 0 Å². The fourth-order valence-electron chi connectivity index (χ4n) is 2.85. The van der Waals surface area contributed by atoms with E-state index in [9.17, 15) is 4.39 Å². The van der Waals surface area contributed by atoms with Crippen LogP contribution in [0.3, 0.4) is 0 Å². The quantitative estimate of drug-likeness (QED) is 0.683. The van der Waals surface area contributed by atoms with Crippen LogP contribution in [0.1, 0.15) is 16.8 Å². The lowest BCUT2D eigenvalue weighted by Gasteiger charge is -2.16. The zero-order valence-corrected chi connectivity index (χ0v) is 13.3. The number of rotatable bonds is 2. The van der Waals surface area contributed by atoms with Crippen LogP contribution in [0.2, 0.25) is 5.02 Å². The number of methoxy groups -OCH3 is 1. The van der Waals surface area contributed by atoms with E-state index in [2.05, 4.69) is 4.98 Å². The van der Waals surface area contributed by atoms with Crippen LogP contribution in [0.15, 0.2) is 36.4 Å². The molecule has 0 fully saturated rings. The van der Waals surface area contributed by atoms with Gasteiger partial charge in [0, 0.05) is 10.6 Å². The third-order valence-electron chi connectivity index (χ3n) is 3.83. The van der Waals surface area contributed by atoms with Gasteiger partial charge in [0.25, 0.3) is 0 Å². The number of nitrogens with zero attached hydrogens (tertiary/aromatic N) is 2. The summed E-state index contributed by atoms with van der Waals surface area (Å²) in [4.78, 5) is 4.65. The fraction of sp³-hybridized carbons (Fsp3) is 0.188. The Labute approximate surface area is 136 Å². The number of halogens is 2. The molecule has 4 rings (SSSR count). The smallest absolute Gasteiger partial charge is 0.146 e. The van der Waals surface area contributed by atoms with E-state index in [0.717, 1.165) is 22.6 Å². The second-order valence-corrected chi connectivity index (χ2v) is 6.50. The van der Waals surface area contributed by atoms with Crippen molar-refractivity contribution in [3.8, 4) is 5.75 Å². The first kappa shape index (κ1) is 13.9. The molecular weight excluding hydrogens is 323 g/mol. The monoisotopic (exact) mass is 334 g/mol. The molecule has 0 N–H and O–H groups in total. The van der Waals surface area contributed by atoms with Crippen LogP contribution in [0.5, 0.6) is 5.75 Å². The molecule has 2 heterocycles. The minimum atomic E-state index is -0.289. The molecule has 6 heteroatoms. The molecule has 1 atom stereocenters. The van der Waals surface area contributed by atoms with E-state index < -0.39 is 0 Å². The van der Waals surface area contributed by atoms with Gasteiger partial charge in [-0.3, -0.25) is 0 Å². The third kappa shape index (κ3) is 1.92. The molecule has 0 spiro atoms. The summed E-state index contributed by atoms with van der Waals surface area (Å²) in [5.41, 5.74) is 2.25. The summed E-state index contributed by atoms with van der Waals surface area (Å²) in [6, 6.07) is 10.6. The van der Waals surface area contributed by atoms with Gasteiger partial charge in [-0.15, -0.1) is 11.8 Å².